The van der Waals surface area contributed by atoms with Crippen LogP contribution in [0.3, 0.4) is 0 Å². The SMILES string of the molecule is c1ccc(P(c2ccccc2)c2ccc(COCCCCCCCCCC3=NCCO3)cc2)cc1. The van der Waals surface area contributed by atoms with Gasteiger partial charge < -0.3 is 9.47 Å². The lowest BCUT2D eigenvalue weighted by Gasteiger charge is -2.19. The van der Waals surface area contributed by atoms with Gasteiger partial charge in [-0.3, -0.25) is 4.99 Å². The number of rotatable bonds is 15. The van der Waals surface area contributed by atoms with E-state index in [4.69, 9.17) is 9.47 Å². The molecule has 0 saturated heterocycles. The number of ether oxygens (including phenoxy) is 2. The van der Waals surface area contributed by atoms with Gasteiger partial charge in [-0.25, -0.2) is 0 Å². The molecular formula is C31H38NO2P. The van der Waals surface area contributed by atoms with Gasteiger partial charge in [0.15, 0.2) is 5.90 Å². The summed E-state index contributed by atoms with van der Waals surface area (Å²) in [6.45, 7) is 3.18. The highest BCUT2D eigenvalue weighted by Crippen LogP contribution is 2.32. The molecule has 1 aliphatic rings. The molecule has 1 heterocycles. The average Bonchev–Trinajstić information content (AvgIpc) is 3.43. The van der Waals surface area contributed by atoms with Crippen molar-refractivity contribution in [3.05, 3.63) is 90.5 Å². The molecule has 0 amide bonds. The number of unbranched alkanes of at least 4 members (excludes halogenated alkanes) is 6. The first-order chi connectivity index (χ1) is 17.4. The van der Waals surface area contributed by atoms with E-state index in [1.54, 1.807) is 0 Å². The lowest BCUT2D eigenvalue weighted by molar-refractivity contribution is 0.116. The lowest BCUT2D eigenvalue weighted by Crippen LogP contribution is -2.20. The van der Waals surface area contributed by atoms with E-state index in [1.807, 2.05) is 0 Å². The second kappa shape index (κ2) is 14.8. The van der Waals surface area contributed by atoms with Crippen molar-refractivity contribution in [1.29, 1.82) is 0 Å². The van der Waals surface area contributed by atoms with Gasteiger partial charge in [-0.05, 0) is 42.2 Å². The number of benzene rings is 3. The Balaban J connectivity index is 1.13. The Labute approximate surface area is 212 Å². The molecule has 3 nitrogen and oxygen atoms in total. The summed E-state index contributed by atoms with van der Waals surface area (Å²) >= 11 is 0. The summed E-state index contributed by atoms with van der Waals surface area (Å²) in [5.41, 5.74) is 1.25. The van der Waals surface area contributed by atoms with Gasteiger partial charge >= 0.3 is 0 Å². The summed E-state index contributed by atoms with van der Waals surface area (Å²) in [6, 6.07) is 30.8. The van der Waals surface area contributed by atoms with E-state index < -0.39 is 7.92 Å². The Kier molecular flexibility index (Phi) is 10.8. The zero-order valence-electron chi connectivity index (χ0n) is 20.8. The Hall–Kier alpha value is -2.48. The summed E-state index contributed by atoms with van der Waals surface area (Å²) in [6.07, 6.45) is 9.86. The van der Waals surface area contributed by atoms with Crippen molar-refractivity contribution in [1.82, 2.24) is 0 Å². The first kappa shape index (κ1) is 25.6. The molecule has 3 aromatic rings. The molecular weight excluding hydrogens is 449 g/mol. The van der Waals surface area contributed by atoms with E-state index in [2.05, 4.69) is 89.9 Å². The van der Waals surface area contributed by atoms with E-state index in [0.29, 0.717) is 6.61 Å². The van der Waals surface area contributed by atoms with Gasteiger partial charge in [0.2, 0.25) is 0 Å². The van der Waals surface area contributed by atoms with E-state index in [9.17, 15) is 0 Å². The molecule has 0 aromatic heterocycles. The van der Waals surface area contributed by atoms with Crippen molar-refractivity contribution in [3.63, 3.8) is 0 Å². The molecule has 0 aliphatic carbocycles. The Bertz CT molecular complexity index is 966. The highest BCUT2D eigenvalue weighted by Gasteiger charge is 2.15. The number of hydrogen-bond acceptors (Lipinski definition) is 3. The summed E-state index contributed by atoms with van der Waals surface area (Å²) in [5, 5.41) is 4.15. The largest absolute Gasteiger partial charge is 0.479 e. The highest BCUT2D eigenvalue weighted by atomic mass is 31.1. The minimum absolute atomic E-state index is 0.543. The van der Waals surface area contributed by atoms with Crippen LogP contribution >= 0.6 is 7.92 Å². The fourth-order valence-corrected chi connectivity index (χ4v) is 6.71. The van der Waals surface area contributed by atoms with Crippen LogP contribution < -0.4 is 15.9 Å². The second-order valence-corrected chi connectivity index (χ2v) is 11.3. The van der Waals surface area contributed by atoms with Crippen LogP contribution in [0.2, 0.25) is 0 Å². The molecule has 0 bridgehead atoms. The average molecular weight is 488 g/mol. The molecule has 0 atom stereocenters. The lowest BCUT2D eigenvalue weighted by atomic mass is 10.1. The summed E-state index contributed by atoms with van der Waals surface area (Å²) in [4.78, 5) is 4.35. The number of nitrogens with zero attached hydrogens (tertiary/aromatic N) is 1. The molecule has 4 rings (SSSR count). The van der Waals surface area contributed by atoms with E-state index in [0.717, 1.165) is 38.5 Å². The van der Waals surface area contributed by atoms with Crippen LogP contribution in [-0.4, -0.2) is 25.7 Å². The maximum absolute atomic E-state index is 5.97. The molecule has 3 aromatic carbocycles. The third-order valence-corrected chi connectivity index (χ3v) is 8.76. The van der Waals surface area contributed by atoms with Crippen LogP contribution in [0, 0.1) is 0 Å². The molecule has 0 radical (unpaired) electrons. The minimum atomic E-state index is -0.543. The van der Waals surface area contributed by atoms with E-state index >= 15 is 0 Å². The van der Waals surface area contributed by atoms with Gasteiger partial charge in [0.05, 0.1) is 13.2 Å². The minimum Gasteiger partial charge on any atom is -0.479 e. The zero-order chi connectivity index (χ0) is 24.0. The van der Waals surface area contributed by atoms with Crippen LogP contribution in [0.25, 0.3) is 0 Å². The van der Waals surface area contributed by atoms with Crippen molar-refractivity contribution in [2.75, 3.05) is 19.8 Å². The van der Waals surface area contributed by atoms with Crippen LogP contribution in [0.1, 0.15) is 56.9 Å². The van der Waals surface area contributed by atoms with Crippen LogP contribution in [0.4, 0.5) is 0 Å². The molecule has 0 spiro atoms. The normalized spacial score (nSPS) is 13.1. The topological polar surface area (TPSA) is 30.8 Å². The van der Waals surface area contributed by atoms with Crippen LogP contribution in [-0.2, 0) is 16.1 Å². The van der Waals surface area contributed by atoms with E-state index in [1.165, 1.54) is 60.0 Å². The monoisotopic (exact) mass is 487 g/mol. The maximum atomic E-state index is 5.97. The second-order valence-electron chi connectivity index (χ2n) is 9.07. The molecule has 0 unspecified atom stereocenters. The Morgan fingerprint density at radius 2 is 1.23 bits per heavy atom. The van der Waals surface area contributed by atoms with Crippen LogP contribution in [0.5, 0.6) is 0 Å². The first-order valence-corrected chi connectivity index (χ1v) is 14.5. The van der Waals surface area contributed by atoms with Gasteiger partial charge in [-0.15, -0.1) is 0 Å². The van der Waals surface area contributed by atoms with Crippen molar-refractivity contribution < 1.29 is 9.47 Å². The van der Waals surface area contributed by atoms with Crippen molar-refractivity contribution in [2.24, 2.45) is 4.99 Å². The molecule has 0 fully saturated rings. The smallest absolute Gasteiger partial charge is 0.183 e. The summed E-state index contributed by atoms with van der Waals surface area (Å²) in [7, 11) is -0.543. The maximum Gasteiger partial charge on any atom is 0.183 e. The van der Waals surface area contributed by atoms with Crippen molar-refractivity contribution >= 4 is 29.7 Å². The van der Waals surface area contributed by atoms with Gasteiger partial charge in [0, 0.05) is 13.0 Å². The van der Waals surface area contributed by atoms with Crippen molar-refractivity contribution in [2.45, 2.75) is 58.0 Å². The Morgan fingerprint density at radius 3 is 1.83 bits per heavy atom. The fourth-order valence-electron chi connectivity index (χ4n) is 4.43. The zero-order valence-corrected chi connectivity index (χ0v) is 21.7. The predicted octanol–water partition coefficient (Wildman–Crippen LogP) is 6.51. The quantitative estimate of drug-likeness (QED) is 0.181. The third kappa shape index (κ3) is 8.60. The molecule has 1 aliphatic heterocycles. The fraction of sp³-hybridized carbons (Fsp3) is 0.387. The first-order valence-electron chi connectivity index (χ1n) is 13.1. The number of hydrogen-bond donors (Lipinski definition) is 0. The summed E-state index contributed by atoms with van der Waals surface area (Å²) < 4.78 is 11.4. The molecule has 4 heteroatoms. The third-order valence-electron chi connectivity index (χ3n) is 6.32. The van der Waals surface area contributed by atoms with Gasteiger partial charge in [-0.2, -0.15) is 0 Å². The molecule has 0 saturated carbocycles. The summed E-state index contributed by atoms with van der Waals surface area (Å²) in [5.74, 6) is 0.977. The molecule has 35 heavy (non-hydrogen) atoms. The van der Waals surface area contributed by atoms with E-state index in [-0.39, 0.29) is 0 Å². The van der Waals surface area contributed by atoms with Gasteiger partial charge in [-0.1, -0.05) is 117 Å². The molecule has 184 valence electrons. The van der Waals surface area contributed by atoms with Gasteiger partial charge in [0.1, 0.15) is 6.61 Å². The molecule has 0 N–H and O–H groups in total. The predicted molar refractivity (Wildman–Crippen MR) is 150 cm³/mol. The Morgan fingerprint density at radius 1 is 0.657 bits per heavy atom. The van der Waals surface area contributed by atoms with Gasteiger partial charge in [0.25, 0.3) is 0 Å². The van der Waals surface area contributed by atoms with Crippen LogP contribution in [0.15, 0.2) is 89.9 Å². The standard InChI is InChI=1S/C31H38NO2P/c1(2-4-12-18-31-32-23-25-34-31)3-5-13-24-33-26-27-19-21-30(22-20-27)35(28-14-8-6-9-15-28)29-16-10-7-11-17-29/h6-11,14-17,19-22H,1-5,12-13,18,23-26H2. The van der Waals surface area contributed by atoms with Crippen molar-refractivity contribution in [3.8, 4) is 0 Å². The highest BCUT2D eigenvalue weighted by molar-refractivity contribution is 7.79. The number of aliphatic imine (C=N–C) groups is 1.